The van der Waals surface area contributed by atoms with Crippen LogP contribution in [0, 0.1) is 0 Å². The Kier molecular flexibility index (Phi) is 7.52. The fourth-order valence-corrected chi connectivity index (χ4v) is 2.87. The molecule has 1 heterocycles. The molecular formula is C18H29N3O2. The molecule has 0 unspecified atom stereocenters. The normalized spacial score (nSPS) is 15.6. The van der Waals surface area contributed by atoms with Crippen molar-refractivity contribution in [2.75, 3.05) is 46.4 Å². The van der Waals surface area contributed by atoms with Crippen LogP contribution in [0.5, 0.6) is 0 Å². The van der Waals surface area contributed by atoms with Crippen LogP contribution in [-0.2, 0) is 6.54 Å². The maximum absolute atomic E-state index is 12.4. The molecule has 1 aliphatic rings. The van der Waals surface area contributed by atoms with Gasteiger partial charge in [-0.15, -0.1) is 0 Å². The van der Waals surface area contributed by atoms with Crippen molar-refractivity contribution < 1.29 is 9.90 Å². The minimum absolute atomic E-state index is 0.0804. The van der Waals surface area contributed by atoms with Gasteiger partial charge in [-0.25, -0.2) is 0 Å². The van der Waals surface area contributed by atoms with E-state index in [1.54, 1.807) is 0 Å². The number of amides is 1. The fourth-order valence-electron chi connectivity index (χ4n) is 2.87. The molecule has 128 valence electrons. The lowest BCUT2D eigenvalue weighted by Crippen LogP contribution is -2.38. The quantitative estimate of drug-likeness (QED) is 0.710. The van der Waals surface area contributed by atoms with Gasteiger partial charge in [-0.05, 0) is 43.6 Å². The van der Waals surface area contributed by atoms with E-state index >= 15 is 0 Å². The highest BCUT2D eigenvalue weighted by atomic mass is 16.3. The summed E-state index contributed by atoms with van der Waals surface area (Å²) in [5, 5.41) is 11.9. The Balaban J connectivity index is 1.78. The summed E-state index contributed by atoms with van der Waals surface area (Å²) in [6, 6.07) is 7.71. The number of benzene rings is 1. The van der Waals surface area contributed by atoms with E-state index in [1.807, 2.05) is 36.2 Å². The number of rotatable bonds is 8. The van der Waals surface area contributed by atoms with Gasteiger partial charge in [0.15, 0.2) is 0 Å². The van der Waals surface area contributed by atoms with Gasteiger partial charge >= 0.3 is 0 Å². The first-order valence-electron chi connectivity index (χ1n) is 8.59. The molecule has 0 radical (unpaired) electrons. The number of carbonyl (C=O) groups is 1. The number of aliphatic hydroxyl groups is 1. The second kappa shape index (κ2) is 9.65. The zero-order valence-corrected chi connectivity index (χ0v) is 14.1. The summed E-state index contributed by atoms with van der Waals surface area (Å²) in [7, 11) is 1.88. The maximum atomic E-state index is 12.4. The summed E-state index contributed by atoms with van der Waals surface area (Å²) in [5.74, 6) is 0.0804. The van der Waals surface area contributed by atoms with Crippen LogP contribution in [-0.4, -0.2) is 67.2 Å². The molecule has 1 saturated heterocycles. The van der Waals surface area contributed by atoms with E-state index in [9.17, 15) is 4.79 Å². The van der Waals surface area contributed by atoms with Crippen LogP contribution in [0.3, 0.4) is 0 Å². The van der Waals surface area contributed by atoms with Gasteiger partial charge in [-0.3, -0.25) is 4.79 Å². The summed E-state index contributed by atoms with van der Waals surface area (Å²) in [6.07, 6.45) is 3.90. The lowest BCUT2D eigenvalue weighted by atomic mass is 10.1. The van der Waals surface area contributed by atoms with Gasteiger partial charge in [-0.1, -0.05) is 18.6 Å². The first kappa shape index (κ1) is 17.9. The molecule has 5 nitrogen and oxygen atoms in total. The number of hydrogen-bond acceptors (Lipinski definition) is 4. The van der Waals surface area contributed by atoms with Crippen molar-refractivity contribution in [3.63, 3.8) is 0 Å². The first-order chi connectivity index (χ1) is 11.2. The van der Waals surface area contributed by atoms with Crippen molar-refractivity contribution in [1.82, 2.24) is 15.1 Å². The Hall–Kier alpha value is -1.43. The molecule has 1 fully saturated rings. The van der Waals surface area contributed by atoms with Gasteiger partial charge in [0.2, 0.25) is 0 Å². The van der Waals surface area contributed by atoms with E-state index in [4.69, 9.17) is 5.11 Å². The second-order valence-corrected chi connectivity index (χ2v) is 6.23. The minimum atomic E-state index is 0.0804. The number of likely N-dealkylation sites (tertiary alicyclic amines) is 1. The molecule has 1 aromatic rings. The van der Waals surface area contributed by atoms with E-state index in [2.05, 4.69) is 10.2 Å². The van der Waals surface area contributed by atoms with Gasteiger partial charge in [0.25, 0.3) is 5.91 Å². The molecule has 0 atom stereocenters. The third-order valence-corrected chi connectivity index (χ3v) is 4.37. The minimum Gasteiger partial charge on any atom is -0.395 e. The molecule has 0 aromatic heterocycles. The molecule has 2 N–H and O–H groups in total. The van der Waals surface area contributed by atoms with E-state index in [-0.39, 0.29) is 12.5 Å². The van der Waals surface area contributed by atoms with Crippen LogP contribution in [0.2, 0.25) is 0 Å². The number of aliphatic hydroxyl groups excluding tert-OH is 1. The third kappa shape index (κ3) is 5.94. The summed E-state index contributed by atoms with van der Waals surface area (Å²) in [6.45, 7) is 5.50. The molecule has 5 heteroatoms. The Morgan fingerprint density at radius 2 is 1.91 bits per heavy atom. The predicted octanol–water partition coefficient (Wildman–Crippen LogP) is 1.33. The monoisotopic (exact) mass is 319 g/mol. The van der Waals surface area contributed by atoms with E-state index in [0.717, 1.165) is 37.3 Å². The van der Waals surface area contributed by atoms with Gasteiger partial charge in [0.1, 0.15) is 0 Å². The lowest BCUT2D eigenvalue weighted by Gasteiger charge is -2.28. The number of nitrogens with one attached hydrogen (secondary N) is 1. The summed E-state index contributed by atoms with van der Waals surface area (Å²) >= 11 is 0. The highest BCUT2D eigenvalue weighted by Crippen LogP contribution is 2.10. The number of nitrogens with zero attached hydrogens (tertiary/aromatic N) is 2. The number of hydrogen-bond donors (Lipinski definition) is 2. The van der Waals surface area contributed by atoms with Gasteiger partial charge in [-0.2, -0.15) is 0 Å². The van der Waals surface area contributed by atoms with Gasteiger partial charge in [0.05, 0.1) is 6.61 Å². The highest BCUT2D eigenvalue weighted by Gasteiger charge is 2.14. The van der Waals surface area contributed by atoms with Crippen LogP contribution in [0.15, 0.2) is 24.3 Å². The van der Waals surface area contributed by atoms with Crippen molar-refractivity contribution in [2.24, 2.45) is 0 Å². The molecule has 1 aliphatic heterocycles. The average molecular weight is 319 g/mol. The van der Waals surface area contributed by atoms with Gasteiger partial charge in [0, 0.05) is 38.8 Å². The molecule has 0 spiro atoms. The predicted molar refractivity (Wildman–Crippen MR) is 92.5 cm³/mol. The van der Waals surface area contributed by atoms with Crippen LogP contribution < -0.4 is 5.32 Å². The smallest absolute Gasteiger partial charge is 0.253 e. The fraction of sp³-hybridized carbons (Fsp3) is 0.611. The molecule has 0 aliphatic carbocycles. The lowest BCUT2D eigenvalue weighted by molar-refractivity contribution is 0.0773. The van der Waals surface area contributed by atoms with Crippen molar-refractivity contribution in [2.45, 2.75) is 25.8 Å². The van der Waals surface area contributed by atoms with E-state index in [1.165, 1.54) is 19.3 Å². The highest BCUT2D eigenvalue weighted by molar-refractivity contribution is 5.94. The molecule has 0 bridgehead atoms. The molecule has 0 saturated carbocycles. The molecule has 23 heavy (non-hydrogen) atoms. The Labute approximate surface area is 139 Å². The van der Waals surface area contributed by atoms with E-state index < -0.39 is 0 Å². The molecule has 2 rings (SSSR count). The van der Waals surface area contributed by atoms with Crippen LogP contribution in [0.4, 0.5) is 0 Å². The Bertz CT molecular complexity index is 470. The SMILES string of the molecule is CN(CCN1CCCCC1)C(=O)c1ccc(CNCCO)cc1. The zero-order chi connectivity index (χ0) is 16.5. The number of likely N-dealkylation sites (N-methyl/N-ethyl adjacent to an activating group) is 1. The maximum Gasteiger partial charge on any atom is 0.253 e. The Morgan fingerprint density at radius 1 is 1.22 bits per heavy atom. The van der Waals surface area contributed by atoms with E-state index in [0.29, 0.717) is 13.1 Å². The standard InChI is InChI=1S/C18H29N3O2/c1-20(12-13-21-10-3-2-4-11-21)18(23)17-7-5-16(6-8-17)15-19-9-14-22/h5-8,19,22H,2-4,9-15H2,1H3. The largest absolute Gasteiger partial charge is 0.395 e. The topological polar surface area (TPSA) is 55.8 Å². The number of piperidine rings is 1. The van der Waals surface area contributed by atoms with Crippen molar-refractivity contribution in [3.8, 4) is 0 Å². The molecule has 1 aromatic carbocycles. The summed E-state index contributed by atoms with van der Waals surface area (Å²) in [5.41, 5.74) is 1.85. The second-order valence-electron chi connectivity index (χ2n) is 6.23. The van der Waals surface area contributed by atoms with Crippen molar-refractivity contribution in [3.05, 3.63) is 35.4 Å². The van der Waals surface area contributed by atoms with Crippen LogP contribution in [0.25, 0.3) is 0 Å². The molecular weight excluding hydrogens is 290 g/mol. The average Bonchev–Trinajstić information content (AvgIpc) is 2.61. The van der Waals surface area contributed by atoms with Crippen LogP contribution in [0.1, 0.15) is 35.2 Å². The number of carbonyl (C=O) groups excluding carboxylic acids is 1. The summed E-state index contributed by atoms with van der Waals surface area (Å²) in [4.78, 5) is 16.7. The first-order valence-corrected chi connectivity index (χ1v) is 8.59. The third-order valence-electron chi connectivity index (χ3n) is 4.37. The van der Waals surface area contributed by atoms with Crippen molar-refractivity contribution in [1.29, 1.82) is 0 Å². The summed E-state index contributed by atoms with van der Waals surface area (Å²) < 4.78 is 0. The van der Waals surface area contributed by atoms with Crippen LogP contribution >= 0.6 is 0 Å². The zero-order valence-electron chi connectivity index (χ0n) is 14.1. The Morgan fingerprint density at radius 3 is 2.57 bits per heavy atom. The van der Waals surface area contributed by atoms with Gasteiger partial charge < -0.3 is 20.2 Å². The molecule has 1 amide bonds. The van der Waals surface area contributed by atoms with Crippen molar-refractivity contribution >= 4 is 5.91 Å².